The first kappa shape index (κ1) is 16.6. The summed E-state index contributed by atoms with van der Waals surface area (Å²) in [5.74, 6) is 0. The van der Waals surface area contributed by atoms with Crippen LogP contribution in [0.5, 0.6) is 0 Å². The highest BCUT2D eigenvalue weighted by Crippen LogP contribution is 2.42. The molecule has 0 saturated heterocycles. The average molecular weight is 310 g/mol. The summed E-state index contributed by atoms with van der Waals surface area (Å²) in [5, 5.41) is 0. The van der Waals surface area contributed by atoms with E-state index in [0.29, 0.717) is 6.92 Å². The number of hydrogen-bond donors (Lipinski definition) is 0. The van der Waals surface area contributed by atoms with Crippen LogP contribution in [-0.4, -0.2) is 18.5 Å². The first-order valence-electron chi connectivity index (χ1n) is 5.06. The van der Waals surface area contributed by atoms with Crippen LogP contribution >= 0.6 is 0 Å². The van der Waals surface area contributed by atoms with Gasteiger partial charge in [-0.2, -0.15) is 39.5 Å². The molecule has 0 aromatic rings. The lowest BCUT2D eigenvalue weighted by Gasteiger charge is -2.22. The molecule has 0 amide bonds. The van der Waals surface area contributed by atoms with E-state index in [2.05, 4.69) is 0 Å². The Bertz CT molecular complexity index is 479. The van der Waals surface area contributed by atoms with Gasteiger partial charge in [0.05, 0.1) is 5.57 Å². The lowest BCUT2D eigenvalue weighted by atomic mass is 9.91. The molecule has 0 nitrogen and oxygen atoms in total. The minimum absolute atomic E-state index is 0.0953. The van der Waals surface area contributed by atoms with Crippen molar-refractivity contribution in [3.63, 3.8) is 0 Å². The molecule has 1 aliphatic rings. The minimum Gasteiger partial charge on any atom is -0.166 e. The lowest BCUT2D eigenvalue weighted by molar-refractivity contribution is -0.100. The van der Waals surface area contributed by atoms with Gasteiger partial charge in [-0.1, -0.05) is 0 Å². The second-order valence-corrected chi connectivity index (χ2v) is 4.09. The third-order valence-electron chi connectivity index (χ3n) is 2.64. The topological polar surface area (TPSA) is 0 Å². The predicted octanol–water partition coefficient (Wildman–Crippen LogP) is 5.25. The molecule has 9 heteroatoms. The zero-order valence-corrected chi connectivity index (χ0v) is 9.76. The number of rotatable bonds is 0. The van der Waals surface area contributed by atoms with E-state index in [1.807, 2.05) is 0 Å². The van der Waals surface area contributed by atoms with Crippen LogP contribution in [0, 0.1) is 0 Å². The third kappa shape index (κ3) is 3.80. The number of allylic oxidation sites excluding steroid dienone is 6. The van der Waals surface area contributed by atoms with E-state index in [0.717, 1.165) is 0 Å². The average Bonchev–Trinajstić information content (AvgIpc) is 2.23. The van der Waals surface area contributed by atoms with Gasteiger partial charge in [0.1, 0.15) is 0 Å². The smallest absolute Gasteiger partial charge is 0.166 e. The van der Waals surface area contributed by atoms with Gasteiger partial charge < -0.3 is 0 Å². The largest absolute Gasteiger partial charge is 0.416 e. The maximum Gasteiger partial charge on any atom is 0.416 e. The Kier molecular flexibility index (Phi) is 4.04. The summed E-state index contributed by atoms with van der Waals surface area (Å²) in [6.07, 6.45) is -16.6. The van der Waals surface area contributed by atoms with Crippen molar-refractivity contribution in [1.29, 1.82) is 0 Å². The number of hydrogen-bond acceptors (Lipinski definition) is 0. The van der Waals surface area contributed by atoms with Gasteiger partial charge in [0.25, 0.3) is 0 Å². The van der Waals surface area contributed by atoms with Gasteiger partial charge in [0.15, 0.2) is 0 Å². The van der Waals surface area contributed by atoms with E-state index in [1.54, 1.807) is 0 Å². The van der Waals surface area contributed by atoms with Crippen molar-refractivity contribution in [2.45, 2.75) is 31.9 Å². The molecule has 0 aliphatic heterocycles. The monoisotopic (exact) mass is 310 g/mol. The molecule has 0 aromatic heterocycles. The summed E-state index contributed by atoms with van der Waals surface area (Å²) < 4.78 is 112. The Morgan fingerprint density at radius 3 is 1.70 bits per heavy atom. The normalized spacial score (nSPS) is 20.5. The molecule has 0 bridgehead atoms. The van der Waals surface area contributed by atoms with Crippen LogP contribution in [0.25, 0.3) is 0 Å². The van der Waals surface area contributed by atoms with Crippen molar-refractivity contribution in [3.8, 4) is 0 Å². The molecule has 0 radical (unpaired) electrons. The van der Waals surface area contributed by atoms with Crippen LogP contribution in [0.4, 0.5) is 39.5 Å². The standard InChI is InChI=1S/C11H7F9/c1-5(9(12,13)14)6-2-7(10(15,16)17)4-8(3-6)11(18,19)20/h2,4H,3H2,1H3. The van der Waals surface area contributed by atoms with Gasteiger partial charge in [-0.05, 0) is 24.6 Å². The van der Waals surface area contributed by atoms with Crippen molar-refractivity contribution in [2.24, 2.45) is 0 Å². The van der Waals surface area contributed by atoms with E-state index >= 15 is 0 Å². The van der Waals surface area contributed by atoms with Crippen molar-refractivity contribution in [1.82, 2.24) is 0 Å². The molecule has 114 valence electrons. The zero-order chi connectivity index (χ0) is 15.9. The highest BCUT2D eigenvalue weighted by Gasteiger charge is 2.42. The van der Waals surface area contributed by atoms with Crippen LogP contribution in [0.3, 0.4) is 0 Å². The molecule has 0 saturated carbocycles. The van der Waals surface area contributed by atoms with E-state index in [9.17, 15) is 39.5 Å². The van der Waals surface area contributed by atoms with Gasteiger partial charge in [0, 0.05) is 17.6 Å². The predicted molar refractivity (Wildman–Crippen MR) is 51.6 cm³/mol. The molecule has 0 spiro atoms. The van der Waals surface area contributed by atoms with Gasteiger partial charge >= 0.3 is 18.5 Å². The molecule has 20 heavy (non-hydrogen) atoms. The Balaban J connectivity index is 3.42. The summed E-state index contributed by atoms with van der Waals surface area (Å²) in [7, 11) is 0. The number of halogens is 9. The van der Waals surface area contributed by atoms with E-state index in [1.165, 1.54) is 0 Å². The zero-order valence-electron chi connectivity index (χ0n) is 9.76. The van der Waals surface area contributed by atoms with Crippen LogP contribution < -0.4 is 0 Å². The fraction of sp³-hybridized carbons (Fsp3) is 0.455. The van der Waals surface area contributed by atoms with E-state index in [-0.39, 0.29) is 12.2 Å². The van der Waals surface area contributed by atoms with Crippen LogP contribution in [0.1, 0.15) is 13.3 Å². The van der Waals surface area contributed by atoms with Crippen molar-refractivity contribution in [2.75, 3.05) is 0 Å². The second kappa shape index (κ2) is 4.85. The summed E-state index contributed by atoms with van der Waals surface area (Å²) in [6.45, 7) is 0.444. The first-order valence-corrected chi connectivity index (χ1v) is 5.06. The Morgan fingerprint density at radius 2 is 1.35 bits per heavy atom. The molecule has 0 unspecified atom stereocenters. The van der Waals surface area contributed by atoms with Crippen molar-refractivity contribution in [3.05, 3.63) is 34.4 Å². The SMILES string of the molecule is CC(=C1C=C(C(F)(F)F)C=C(C(F)(F)F)C1)C(F)(F)F. The van der Waals surface area contributed by atoms with Crippen LogP contribution in [-0.2, 0) is 0 Å². The van der Waals surface area contributed by atoms with Gasteiger partial charge in [-0.3, -0.25) is 0 Å². The fourth-order valence-corrected chi connectivity index (χ4v) is 1.49. The van der Waals surface area contributed by atoms with Gasteiger partial charge in [0.2, 0.25) is 0 Å². The first-order chi connectivity index (χ1) is 8.73. The maximum atomic E-state index is 12.5. The molecule has 1 aliphatic carbocycles. The Morgan fingerprint density at radius 1 is 0.850 bits per heavy atom. The Labute approximate surface area is 107 Å². The molecule has 0 N–H and O–H groups in total. The second-order valence-electron chi connectivity index (χ2n) is 4.09. The fourth-order valence-electron chi connectivity index (χ4n) is 1.49. The molecule has 0 atom stereocenters. The van der Waals surface area contributed by atoms with E-state index in [4.69, 9.17) is 0 Å². The molecule has 1 rings (SSSR count). The molecular weight excluding hydrogens is 303 g/mol. The van der Waals surface area contributed by atoms with Crippen LogP contribution in [0.2, 0.25) is 0 Å². The molecular formula is C11H7F9. The number of alkyl halides is 9. The Hall–Kier alpha value is -1.41. The summed E-state index contributed by atoms with van der Waals surface area (Å²) in [4.78, 5) is 0. The highest BCUT2D eigenvalue weighted by molar-refractivity contribution is 5.46. The summed E-state index contributed by atoms with van der Waals surface area (Å²) in [6, 6.07) is 0. The molecule has 0 heterocycles. The van der Waals surface area contributed by atoms with Crippen LogP contribution in [0.15, 0.2) is 34.4 Å². The van der Waals surface area contributed by atoms with E-state index < -0.39 is 47.2 Å². The highest BCUT2D eigenvalue weighted by atomic mass is 19.4. The summed E-state index contributed by atoms with van der Waals surface area (Å²) >= 11 is 0. The minimum atomic E-state index is -5.16. The van der Waals surface area contributed by atoms with Crippen molar-refractivity contribution < 1.29 is 39.5 Å². The molecule has 0 aromatic carbocycles. The molecule has 0 fully saturated rings. The maximum absolute atomic E-state index is 12.5. The van der Waals surface area contributed by atoms with Crippen molar-refractivity contribution >= 4 is 0 Å². The van der Waals surface area contributed by atoms with Gasteiger partial charge in [-0.25, -0.2) is 0 Å². The third-order valence-corrected chi connectivity index (χ3v) is 2.64. The lowest BCUT2D eigenvalue weighted by Crippen LogP contribution is -2.21. The summed E-state index contributed by atoms with van der Waals surface area (Å²) in [5.41, 5.74) is -5.94. The quantitative estimate of drug-likeness (QED) is 0.536. The van der Waals surface area contributed by atoms with Gasteiger partial charge in [-0.15, -0.1) is 0 Å².